The normalized spacial score (nSPS) is 30.1. The number of aliphatic hydroxyl groups is 2. The molecule has 9 heteroatoms. The molecular weight excluding hydrogens is 276 g/mol. The van der Waals surface area contributed by atoms with E-state index in [4.69, 9.17) is 10.5 Å². The smallest absolute Gasteiger partial charge is 0.351 e. The maximum atomic E-state index is 14.0. The van der Waals surface area contributed by atoms with E-state index in [9.17, 15) is 23.8 Å². The van der Waals surface area contributed by atoms with Crippen molar-refractivity contribution >= 4 is 5.82 Å². The molecule has 1 fully saturated rings. The summed E-state index contributed by atoms with van der Waals surface area (Å²) in [4.78, 5) is 14.9. The number of nitrogens with two attached hydrogens (primary N) is 1. The van der Waals surface area contributed by atoms with Crippen molar-refractivity contribution < 1.29 is 23.7 Å². The lowest BCUT2D eigenvalue weighted by Gasteiger charge is -2.20. The molecule has 0 radical (unpaired) electrons. The summed E-state index contributed by atoms with van der Waals surface area (Å²) in [7, 11) is 0. The Balaban J connectivity index is 2.42. The average Bonchev–Trinajstić information content (AvgIpc) is 2.61. The summed E-state index contributed by atoms with van der Waals surface area (Å²) in [5.41, 5.74) is 4.22. The lowest BCUT2D eigenvalue weighted by atomic mass is 10.0. The zero-order valence-electron chi connectivity index (χ0n) is 10.2. The predicted octanol–water partition coefficient (Wildman–Crippen LogP) is -0.734. The summed E-state index contributed by atoms with van der Waals surface area (Å²) in [5, 5.41) is 19.0. The molecule has 110 valence electrons. The third kappa shape index (κ3) is 2.19. The van der Waals surface area contributed by atoms with Gasteiger partial charge in [0.05, 0.1) is 0 Å². The van der Waals surface area contributed by atoms with Gasteiger partial charge in [-0.25, -0.2) is 4.79 Å². The lowest BCUT2D eigenvalue weighted by molar-refractivity contribution is -0.141. The highest BCUT2D eigenvalue weighted by Crippen LogP contribution is 2.43. The number of hydrogen-bond acceptors (Lipinski definition) is 6. The van der Waals surface area contributed by atoms with Gasteiger partial charge in [0.25, 0.3) is 0 Å². The van der Waals surface area contributed by atoms with E-state index in [0.29, 0.717) is 4.57 Å². The Bertz CT molecular complexity index is 577. The van der Waals surface area contributed by atoms with E-state index >= 15 is 0 Å². The van der Waals surface area contributed by atoms with Gasteiger partial charge in [-0.3, -0.25) is 4.57 Å². The minimum absolute atomic E-state index is 0.129. The molecule has 0 amide bonds. The fourth-order valence-corrected chi connectivity index (χ4v) is 1.94. The monoisotopic (exact) mass is 289 g/mol. The molecule has 0 aromatic carbocycles. The molecule has 4 N–H and O–H groups in total. The Hall–Kier alpha value is -1.84. The zero-order valence-corrected chi connectivity index (χ0v) is 10.2. The van der Waals surface area contributed by atoms with E-state index in [2.05, 4.69) is 11.6 Å². The first-order chi connectivity index (χ1) is 9.28. The molecule has 20 heavy (non-hydrogen) atoms. The maximum Gasteiger partial charge on any atom is 0.351 e. The van der Waals surface area contributed by atoms with Crippen LogP contribution in [0.5, 0.6) is 0 Å². The predicted molar refractivity (Wildman–Crippen MR) is 64.0 cm³/mol. The van der Waals surface area contributed by atoms with Gasteiger partial charge in [0.15, 0.2) is 6.10 Å². The SMILES string of the molecule is C=C[C@@H](O)[C@H]1O[C@@H](n2ccc(N)nc2=O)C(F)(F)[C@@H]1O. The van der Waals surface area contributed by atoms with Gasteiger partial charge < -0.3 is 20.7 Å². The fraction of sp³-hybridized carbons (Fsp3) is 0.455. The van der Waals surface area contributed by atoms with Crippen LogP contribution >= 0.6 is 0 Å². The molecule has 1 aromatic rings. The van der Waals surface area contributed by atoms with Crippen molar-refractivity contribution in [1.29, 1.82) is 0 Å². The maximum absolute atomic E-state index is 14.0. The van der Waals surface area contributed by atoms with E-state index in [1.807, 2.05) is 0 Å². The number of halogens is 2. The van der Waals surface area contributed by atoms with Crippen LogP contribution in [0.4, 0.5) is 14.6 Å². The first-order valence-electron chi connectivity index (χ1n) is 5.65. The van der Waals surface area contributed by atoms with Crippen LogP contribution in [0.25, 0.3) is 0 Å². The Labute approximate surface area is 111 Å². The third-order valence-electron chi connectivity index (χ3n) is 3.00. The van der Waals surface area contributed by atoms with Crippen LogP contribution in [0.15, 0.2) is 29.7 Å². The highest BCUT2D eigenvalue weighted by molar-refractivity contribution is 5.23. The van der Waals surface area contributed by atoms with Gasteiger partial charge in [0.2, 0.25) is 6.23 Å². The van der Waals surface area contributed by atoms with E-state index in [1.54, 1.807) is 0 Å². The molecule has 2 heterocycles. The molecule has 1 aromatic heterocycles. The number of aromatic nitrogens is 2. The van der Waals surface area contributed by atoms with E-state index in [-0.39, 0.29) is 5.82 Å². The van der Waals surface area contributed by atoms with Crippen LogP contribution in [0.2, 0.25) is 0 Å². The van der Waals surface area contributed by atoms with Crippen LogP contribution in [0, 0.1) is 0 Å². The molecular formula is C11H13F2N3O4. The minimum Gasteiger partial charge on any atom is -0.386 e. The fourth-order valence-electron chi connectivity index (χ4n) is 1.94. The summed E-state index contributed by atoms with van der Waals surface area (Å²) in [6.45, 7) is 3.23. The molecule has 1 aliphatic rings. The first kappa shape index (κ1) is 14.6. The Kier molecular flexibility index (Phi) is 3.59. The number of alkyl halides is 2. The van der Waals surface area contributed by atoms with Crippen LogP contribution in [0.1, 0.15) is 6.23 Å². The minimum atomic E-state index is -3.78. The second-order valence-corrected chi connectivity index (χ2v) is 4.34. The Morgan fingerprint density at radius 1 is 1.65 bits per heavy atom. The molecule has 0 unspecified atom stereocenters. The van der Waals surface area contributed by atoms with Crippen molar-refractivity contribution in [2.75, 3.05) is 5.73 Å². The topological polar surface area (TPSA) is 111 Å². The number of aliphatic hydroxyl groups excluding tert-OH is 2. The number of nitrogen functional groups attached to an aromatic ring is 1. The summed E-state index contributed by atoms with van der Waals surface area (Å²) in [6, 6.07) is 1.14. The number of rotatable bonds is 3. The lowest BCUT2D eigenvalue weighted by Crippen LogP contribution is -2.43. The van der Waals surface area contributed by atoms with Crippen LogP contribution in [-0.2, 0) is 4.74 Å². The molecule has 0 spiro atoms. The van der Waals surface area contributed by atoms with E-state index in [1.165, 1.54) is 0 Å². The zero-order chi connectivity index (χ0) is 15.1. The Morgan fingerprint density at radius 2 is 2.30 bits per heavy atom. The van der Waals surface area contributed by atoms with Gasteiger partial charge in [-0.05, 0) is 6.07 Å². The molecule has 0 saturated carbocycles. The number of ether oxygens (including phenoxy) is 1. The van der Waals surface area contributed by atoms with Crippen molar-refractivity contribution in [2.45, 2.75) is 30.5 Å². The standard InChI is InChI=1S/C11H13F2N3O4/c1-2-5(17)7-8(18)11(12,13)9(20-7)16-4-3-6(14)15-10(16)19/h2-5,7-9,17-18H,1H2,(H2,14,15,19)/t5-,7-,8-,9-/m1/s1. The second-order valence-electron chi connectivity index (χ2n) is 4.34. The van der Waals surface area contributed by atoms with Gasteiger partial charge in [-0.1, -0.05) is 6.08 Å². The summed E-state index contributed by atoms with van der Waals surface area (Å²) in [6.07, 6.45) is -5.53. The second kappa shape index (κ2) is 4.93. The quantitative estimate of drug-likeness (QED) is 0.632. The number of hydrogen-bond donors (Lipinski definition) is 3. The highest BCUT2D eigenvalue weighted by atomic mass is 19.3. The van der Waals surface area contributed by atoms with Gasteiger partial charge in [-0.2, -0.15) is 13.8 Å². The van der Waals surface area contributed by atoms with E-state index < -0.39 is 36.2 Å². The molecule has 2 rings (SSSR count). The first-order valence-corrected chi connectivity index (χ1v) is 5.65. The van der Waals surface area contributed by atoms with Crippen molar-refractivity contribution in [3.63, 3.8) is 0 Å². The van der Waals surface area contributed by atoms with Crippen LogP contribution in [-0.4, -0.2) is 44.0 Å². The number of nitrogens with zero attached hydrogens (tertiary/aromatic N) is 2. The molecule has 1 aliphatic heterocycles. The molecule has 7 nitrogen and oxygen atoms in total. The average molecular weight is 289 g/mol. The van der Waals surface area contributed by atoms with Gasteiger partial charge in [0, 0.05) is 6.20 Å². The van der Waals surface area contributed by atoms with Gasteiger partial charge >= 0.3 is 11.6 Å². The van der Waals surface area contributed by atoms with Crippen LogP contribution in [0.3, 0.4) is 0 Å². The summed E-state index contributed by atoms with van der Waals surface area (Å²) >= 11 is 0. The summed E-state index contributed by atoms with van der Waals surface area (Å²) < 4.78 is 33.4. The summed E-state index contributed by atoms with van der Waals surface area (Å²) in [5.74, 6) is -3.91. The number of anilines is 1. The van der Waals surface area contributed by atoms with Crippen molar-refractivity contribution in [3.05, 3.63) is 35.4 Å². The molecule has 0 bridgehead atoms. The molecule has 1 saturated heterocycles. The van der Waals surface area contributed by atoms with Gasteiger partial charge in [0.1, 0.15) is 18.0 Å². The van der Waals surface area contributed by atoms with E-state index in [0.717, 1.165) is 18.3 Å². The van der Waals surface area contributed by atoms with Crippen molar-refractivity contribution in [2.24, 2.45) is 0 Å². The molecule has 0 aliphatic carbocycles. The largest absolute Gasteiger partial charge is 0.386 e. The van der Waals surface area contributed by atoms with Crippen LogP contribution < -0.4 is 11.4 Å². The third-order valence-corrected chi connectivity index (χ3v) is 3.00. The highest BCUT2D eigenvalue weighted by Gasteiger charge is 2.61. The molecule has 4 atom stereocenters. The van der Waals surface area contributed by atoms with Crippen molar-refractivity contribution in [3.8, 4) is 0 Å². The van der Waals surface area contributed by atoms with Gasteiger partial charge in [-0.15, -0.1) is 6.58 Å². The Morgan fingerprint density at radius 3 is 2.85 bits per heavy atom. The van der Waals surface area contributed by atoms with Crippen molar-refractivity contribution in [1.82, 2.24) is 9.55 Å².